The van der Waals surface area contributed by atoms with Crippen LogP contribution in [-0.2, 0) is 0 Å². The van der Waals surface area contributed by atoms with Crippen LogP contribution in [0.2, 0.25) is 0 Å². The molecule has 0 spiro atoms. The van der Waals surface area contributed by atoms with Gasteiger partial charge in [-0.15, -0.1) is 0 Å². The second-order valence-electron chi connectivity index (χ2n) is 4.15. The number of hydrogen-bond acceptors (Lipinski definition) is 2. The van der Waals surface area contributed by atoms with E-state index >= 15 is 0 Å². The number of nitrogen functional groups attached to an aromatic ring is 1. The van der Waals surface area contributed by atoms with E-state index in [1.54, 1.807) is 4.57 Å². The number of rotatable bonds is 1. The number of nitrogens with two attached hydrogens (primary N) is 1. The number of nitrogens with zero attached hydrogens (tertiary/aromatic N) is 2. The Morgan fingerprint density at radius 3 is 2.69 bits per heavy atom. The van der Waals surface area contributed by atoms with E-state index in [-0.39, 0.29) is 17.5 Å². The number of anilines is 1. The summed E-state index contributed by atoms with van der Waals surface area (Å²) in [6.45, 7) is 0. The van der Waals surface area contributed by atoms with Crippen LogP contribution in [0.5, 0.6) is 0 Å². The van der Waals surface area contributed by atoms with Gasteiger partial charge in [-0.3, -0.25) is 0 Å². The van der Waals surface area contributed by atoms with Crippen molar-refractivity contribution in [3.63, 3.8) is 0 Å². The second kappa shape index (κ2) is 3.17. The molecule has 0 saturated heterocycles. The lowest BCUT2D eigenvalue weighted by molar-refractivity contribution is 0.321. The standard InChI is InChI=1S/C11H11F2N3/c12-7-4-5-8-10(9(7)13)16(11(14)15-8)6-2-1-3-6/h4-6H,1-3H2,(H2,14,15). The van der Waals surface area contributed by atoms with Crippen LogP contribution in [0.3, 0.4) is 0 Å². The summed E-state index contributed by atoms with van der Waals surface area (Å²) < 4.78 is 28.5. The number of hydrogen-bond donors (Lipinski definition) is 1. The molecule has 0 unspecified atom stereocenters. The fourth-order valence-corrected chi connectivity index (χ4v) is 2.16. The number of benzene rings is 1. The molecule has 3 nitrogen and oxygen atoms in total. The minimum absolute atomic E-state index is 0.168. The molecule has 2 aromatic rings. The molecule has 1 heterocycles. The van der Waals surface area contributed by atoms with Crippen LogP contribution in [0.4, 0.5) is 14.7 Å². The predicted molar refractivity (Wildman–Crippen MR) is 56.9 cm³/mol. The Morgan fingerprint density at radius 1 is 1.31 bits per heavy atom. The lowest BCUT2D eigenvalue weighted by Gasteiger charge is -2.28. The molecule has 3 rings (SSSR count). The predicted octanol–water partition coefficient (Wildman–Crippen LogP) is 2.62. The van der Waals surface area contributed by atoms with Crippen LogP contribution in [0.25, 0.3) is 11.0 Å². The van der Waals surface area contributed by atoms with Crippen molar-refractivity contribution in [2.75, 3.05) is 5.73 Å². The van der Waals surface area contributed by atoms with Crippen LogP contribution in [0.15, 0.2) is 12.1 Å². The first-order chi connectivity index (χ1) is 7.68. The summed E-state index contributed by atoms with van der Waals surface area (Å²) in [5, 5.41) is 0. The van der Waals surface area contributed by atoms with Crippen LogP contribution in [0, 0.1) is 11.6 Å². The number of aromatic nitrogens is 2. The van der Waals surface area contributed by atoms with Gasteiger partial charge in [-0.05, 0) is 31.4 Å². The van der Waals surface area contributed by atoms with Gasteiger partial charge >= 0.3 is 0 Å². The molecular formula is C11H11F2N3. The van der Waals surface area contributed by atoms with Gasteiger partial charge < -0.3 is 10.3 Å². The zero-order chi connectivity index (χ0) is 11.3. The highest BCUT2D eigenvalue weighted by Crippen LogP contribution is 2.37. The van der Waals surface area contributed by atoms with Gasteiger partial charge in [0.25, 0.3) is 0 Å². The minimum atomic E-state index is -0.854. The highest BCUT2D eigenvalue weighted by Gasteiger charge is 2.26. The molecule has 0 amide bonds. The highest BCUT2D eigenvalue weighted by atomic mass is 19.2. The molecule has 1 aliphatic carbocycles. The maximum absolute atomic E-state index is 13.7. The Balaban J connectivity index is 2.32. The summed E-state index contributed by atoms with van der Waals surface area (Å²) in [4.78, 5) is 4.05. The van der Waals surface area contributed by atoms with E-state index in [9.17, 15) is 8.78 Å². The second-order valence-corrected chi connectivity index (χ2v) is 4.15. The Bertz CT molecular complexity index is 558. The smallest absolute Gasteiger partial charge is 0.201 e. The Hall–Kier alpha value is -1.65. The van der Waals surface area contributed by atoms with Gasteiger partial charge in [0.1, 0.15) is 5.52 Å². The molecule has 84 valence electrons. The van der Waals surface area contributed by atoms with Crippen molar-refractivity contribution in [3.8, 4) is 0 Å². The summed E-state index contributed by atoms with van der Waals surface area (Å²) in [5.41, 5.74) is 6.36. The third-order valence-corrected chi connectivity index (χ3v) is 3.21. The third kappa shape index (κ3) is 1.14. The fraction of sp³-hybridized carbons (Fsp3) is 0.364. The van der Waals surface area contributed by atoms with Crippen molar-refractivity contribution in [1.29, 1.82) is 0 Å². The van der Waals surface area contributed by atoms with Gasteiger partial charge in [0, 0.05) is 6.04 Å². The molecule has 1 aromatic heterocycles. The minimum Gasteiger partial charge on any atom is -0.369 e. The maximum atomic E-state index is 13.7. The molecule has 2 N–H and O–H groups in total. The van der Waals surface area contributed by atoms with Gasteiger partial charge in [-0.25, -0.2) is 13.8 Å². The monoisotopic (exact) mass is 223 g/mol. The SMILES string of the molecule is Nc1nc2ccc(F)c(F)c2n1C1CCC1. The zero-order valence-corrected chi connectivity index (χ0v) is 8.58. The van der Waals surface area contributed by atoms with Gasteiger partial charge in [0.2, 0.25) is 5.95 Å². The third-order valence-electron chi connectivity index (χ3n) is 3.21. The summed E-state index contributed by atoms with van der Waals surface area (Å²) in [7, 11) is 0. The first-order valence-corrected chi connectivity index (χ1v) is 5.30. The largest absolute Gasteiger partial charge is 0.369 e. The van der Waals surface area contributed by atoms with E-state index in [0.29, 0.717) is 5.52 Å². The van der Waals surface area contributed by atoms with Gasteiger partial charge in [-0.2, -0.15) is 0 Å². The van der Waals surface area contributed by atoms with Gasteiger partial charge in [0.15, 0.2) is 11.6 Å². The quantitative estimate of drug-likeness (QED) is 0.807. The van der Waals surface area contributed by atoms with E-state index in [1.807, 2.05) is 0 Å². The van der Waals surface area contributed by atoms with E-state index in [0.717, 1.165) is 25.3 Å². The molecule has 0 atom stereocenters. The van der Waals surface area contributed by atoms with Crippen molar-refractivity contribution in [1.82, 2.24) is 9.55 Å². The average Bonchev–Trinajstić information content (AvgIpc) is 2.49. The van der Waals surface area contributed by atoms with Crippen LogP contribution < -0.4 is 5.73 Å². The topological polar surface area (TPSA) is 43.8 Å². The maximum Gasteiger partial charge on any atom is 0.201 e. The van der Waals surface area contributed by atoms with Gasteiger partial charge in [-0.1, -0.05) is 0 Å². The van der Waals surface area contributed by atoms with Crippen molar-refractivity contribution >= 4 is 17.0 Å². The Labute approximate surface area is 90.9 Å². The van der Waals surface area contributed by atoms with Crippen molar-refractivity contribution in [2.45, 2.75) is 25.3 Å². The molecule has 1 aromatic carbocycles. The highest BCUT2D eigenvalue weighted by molar-refractivity contribution is 5.79. The van der Waals surface area contributed by atoms with Crippen molar-refractivity contribution < 1.29 is 8.78 Å². The first-order valence-electron chi connectivity index (χ1n) is 5.30. The Kier molecular flexibility index (Phi) is 1.89. The zero-order valence-electron chi connectivity index (χ0n) is 8.58. The molecule has 0 aliphatic heterocycles. The molecule has 1 fully saturated rings. The molecule has 0 bridgehead atoms. The summed E-state index contributed by atoms with van der Waals surface area (Å²) in [6, 6.07) is 2.70. The van der Waals surface area contributed by atoms with E-state index in [1.165, 1.54) is 6.07 Å². The molecule has 16 heavy (non-hydrogen) atoms. The van der Waals surface area contributed by atoms with Crippen molar-refractivity contribution in [3.05, 3.63) is 23.8 Å². The van der Waals surface area contributed by atoms with Crippen molar-refractivity contribution in [2.24, 2.45) is 0 Å². The van der Waals surface area contributed by atoms with Gasteiger partial charge in [0.05, 0.1) is 5.52 Å². The van der Waals surface area contributed by atoms with E-state index < -0.39 is 11.6 Å². The number of halogens is 2. The summed E-state index contributed by atoms with van der Waals surface area (Å²) >= 11 is 0. The number of fused-ring (bicyclic) bond motifs is 1. The molecular weight excluding hydrogens is 212 g/mol. The molecule has 5 heteroatoms. The number of imidazole rings is 1. The van der Waals surface area contributed by atoms with Crippen LogP contribution in [0.1, 0.15) is 25.3 Å². The lowest BCUT2D eigenvalue weighted by Crippen LogP contribution is -2.19. The van der Waals surface area contributed by atoms with E-state index in [2.05, 4.69) is 4.98 Å². The first kappa shape index (κ1) is 9.57. The summed E-state index contributed by atoms with van der Waals surface area (Å²) in [5.74, 6) is -1.44. The van der Waals surface area contributed by atoms with E-state index in [4.69, 9.17) is 5.73 Å². The van der Waals surface area contributed by atoms with Crippen LogP contribution in [-0.4, -0.2) is 9.55 Å². The fourth-order valence-electron chi connectivity index (χ4n) is 2.16. The normalized spacial score (nSPS) is 16.6. The molecule has 0 radical (unpaired) electrons. The average molecular weight is 223 g/mol. The molecule has 1 aliphatic rings. The summed E-state index contributed by atoms with van der Waals surface area (Å²) in [6.07, 6.45) is 3.00. The lowest BCUT2D eigenvalue weighted by atomic mass is 9.93. The Morgan fingerprint density at radius 2 is 2.06 bits per heavy atom. The molecule has 1 saturated carbocycles. The van der Waals surface area contributed by atoms with Crippen LogP contribution >= 0.6 is 0 Å².